The number of benzene rings is 2. The summed E-state index contributed by atoms with van der Waals surface area (Å²) in [4.78, 5) is 47.6. The van der Waals surface area contributed by atoms with Crippen LogP contribution in [-0.4, -0.2) is 23.1 Å². The number of hydrogen-bond donors (Lipinski definition) is 0. The van der Waals surface area contributed by atoms with Gasteiger partial charge in [-0.05, 0) is 57.2 Å². The molecule has 0 aromatic heterocycles. The Balaban J connectivity index is 2.53. The van der Waals surface area contributed by atoms with Crippen LogP contribution in [0.25, 0.3) is 0 Å². The van der Waals surface area contributed by atoms with E-state index in [4.69, 9.17) is 4.74 Å². The highest BCUT2D eigenvalue weighted by molar-refractivity contribution is 6.02. The number of carbonyl (C=O) groups is 4. The van der Waals surface area contributed by atoms with Crippen LogP contribution >= 0.6 is 0 Å². The summed E-state index contributed by atoms with van der Waals surface area (Å²) in [6.07, 6.45) is 0. The van der Waals surface area contributed by atoms with Crippen LogP contribution in [0.4, 0.5) is 0 Å². The van der Waals surface area contributed by atoms with Gasteiger partial charge in [0, 0.05) is 28.2 Å². The first-order valence-electron chi connectivity index (χ1n) is 8.63. The number of Topliss-reactive ketones (excluding diaryl/α,β-unsaturated/α-hetero) is 4. The lowest BCUT2D eigenvalue weighted by atomic mass is 9.98. The molecular formula is C22H22O5. The summed E-state index contributed by atoms with van der Waals surface area (Å²) in [6, 6.07) is 9.20. The van der Waals surface area contributed by atoms with Gasteiger partial charge < -0.3 is 4.74 Å². The largest absolute Gasteiger partial charge is 0.457 e. The van der Waals surface area contributed by atoms with E-state index in [1.54, 1.807) is 26.0 Å². The zero-order valence-electron chi connectivity index (χ0n) is 16.1. The lowest BCUT2D eigenvalue weighted by Gasteiger charge is -2.12. The molecule has 0 aliphatic rings. The van der Waals surface area contributed by atoms with Crippen LogP contribution in [-0.2, 0) is 0 Å². The fourth-order valence-corrected chi connectivity index (χ4v) is 2.54. The maximum Gasteiger partial charge on any atom is 0.165 e. The molecule has 0 radical (unpaired) electrons. The Hall–Kier alpha value is -3.08. The molecule has 0 amide bonds. The van der Waals surface area contributed by atoms with Crippen LogP contribution in [0.15, 0.2) is 36.4 Å². The van der Waals surface area contributed by atoms with E-state index in [9.17, 15) is 19.2 Å². The van der Waals surface area contributed by atoms with Crippen molar-refractivity contribution in [1.82, 2.24) is 0 Å². The van der Waals surface area contributed by atoms with Crippen molar-refractivity contribution in [2.45, 2.75) is 34.6 Å². The number of hydrogen-bond acceptors (Lipinski definition) is 5. The number of ketones is 4. The SMILES string of the molecule is CC(=O)c1cc(Oc2cc(C(C)=O)cc(C(=O)C(C)C)c2)cc(C(C)=O)c1. The first-order chi connectivity index (χ1) is 12.6. The van der Waals surface area contributed by atoms with Crippen LogP contribution in [0.5, 0.6) is 11.5 Å². The Morgan fingerprint density at radius 2 is 0.963 bits per heavy atom. The molecule has 0 fully saturated rings. The zero-order valence-corrected chi connectivity index (χ0v) is 16.1. The van der Waals surface area contributed by atoms with Crippen molar-refractivity contribution in [3.05, 3.63) is 58.7 Å². The summed E-state index contributed by atoms with van der Waals surface area (Å²) >= 11 is 0. The van der Waals surface area contributed by atoms with Gasteiger partial charge in [-0.15, -0.1) is 0 Å². The third-order valence-electron chi connectivity index (χ3n) is 4.08. The van der Waals surface area contributed by atoms with E-state index in [1.165, 1.54) is 45.0 Å². The summed E-state index contributed by atoms with van der Waals surface area (Å²) in [5, 5.41) is 0. The maximum absolute atomic E-state index is 12.4. The van der Waals surface area contributed by atoms with Gasteiger partial charge in [0.05, 0.1) is 0 Å². The second-order valence-corrected chi connectivity index (χ2v) is 6.78. The minimum Gasteiger partial charge on any atom is -0.457 e. The Bertz CT molecular complexity index is 905. The van der Waals surface area contributed by atoms with E-state index >= 15 is 0 Å². The summed E-state index contributed by atoms with van der Waals surface area (Å²) < 4.78 is 5.81. The van der Waals surface area contributed by atoms with E-state index in [0.29, 0.717) is 28.0 Å². The third kappa shape index (κ3) is 4.97. The predicted molar refractivity (Wildman–Crippen MR) is 102 cm³/mol. The molecule has 0 bridgehead atoms. The van der Waals surface area contributed by atoms with Crippen LogP contribution in [0.2, 0.25) is 0 Å². The maximum atomic E-state index is 12.4. The van der Waals surface area contributed by atoms with Crippen molar-refractivity contribution in [3.63, 3.8) is 0 Å². The molecule has 0 aliphatic carbocycles. The van der Waals surface area contributed by atoms with E-state index in [-0.39, 0.29) is 34.8 Å². The van der Waals surface area contributed by atoms with Gasteiger partial charge in [0.15, 0.2) is 23.1 Å². The van der Waals surface area contributed by atoms with Crippen LogP contribution in [0, 0.1) is 5.92 Å². The molecule has 2 rings (SSSR count). The van der Waals surface area contributed by atoms with E-state index in [0.717, 1.165) is 0 Å². The second-order valence-electron chi connectivity index (χ2n) is 6.78. The molecule has 0 N–H and O–H groups in total. The van der Waals surface area contributed by atoms with Gasteiger partial charge in [0.25, 0.3) is 0 Å². The topological polar surface area (TPSA) is 77.5 Å². The first-order valence-corrected chi connectivity index (χ1v) is 8.63. The van der Waals surface area contributed by atoms with Gasteiger partial charge in [-0.1, -0.05) is 13.8 Å². The molecule has 27 heavy (non-hydrogen) atoms. The molecule has 0 aliphatic heterocycles. The molecule has 2 aromatic carbocycles. The Morgan fingerprint density at radius 3 is 1.30 bits per heavy atom. The van der Waals surface area contributed by atoms with Gasteiger partial charge in [-0.2, -0.15) is 0 Å². The van der Waals surface area contributed by atoms with Crippen LogP contribution in [0.3, 0.4) is 0 Å². The molecule has 2 aromatic rings. The molecule has 0 unspecified atom stereocenters. The lowest BCUT2D eigenvalue weighted by molar-refractivity contribution is 0.0937. The summed E-state index contributed by atoms with van der Waals surface area (Å²) in [6.45, 7) is 7.77. The number of carbonyl (C=O) groups excluding carboxylic acids is 4. The number of ether oxygens (including phenoxy) is 1. The van der Waals surface area contributed by atoms with E-state index < -0.39 is 0 Å². The van der Waals surface area contributed by atoms with Crippen molar-refractivity contribution in [3.8, 4) is 11.5 Å². The highest BCUT2D eigenvalue weighted by Crippen LogP contribution is 2.28. The normalized spacial score (nSPS) is 10.6. The van der Waals surface area contributed by atoms with Crippen LogP contribution in [0.1, 0.15) is 76.1 Å². The molecule has 0 heterocycles. The minimum absolute atomic E-state index is 0.107. The first kappa shape index (κ1) is 20.2. The Kier molecular flexibility index (Phi) is 6.05. The van der Waals surface area contributed by atoms with E-state index in [1.807, 2.05) is 0 Å². The molecule has 0 saturated heterocycles. The molecule has 0 spiro atoms. The average molecular weight is 366 g/mol. The number of rotatable bonds is 7. The highest BCUT2D eigenvalue weighted by Gasteiger charge is 2.16. The monoisotopic (exact) mass is 366 g/mol. The van der Waals surface area contributed by atoms with Gasteiger partial charge in [0.2, 0.25) is 0 Å². The standard InChI is InChI=1S/C22H22O5/c1-12(2)22(26)19-7-18(15(5)25)10-21(11-19)27-20-8-16(13(3)23)6-17(9-20)14(4)24/h6-12H,1-5H3. The van der Waals surface area contributed by atoms with Crippen molar-refractivity contribution in [2.24, 2.45) is 5.92 Å². The highest BCUT2D eigenvalue weighted by atomic mass is 16.5. The van der Waals surface area contributed by atoms with Crippen molar-refractivity contribution < 1.29 is 23.9 Å². The molecule has 0 atom stereocenters. The molecule has 5 nitrogen and oxygen atoms in total. The molecule has 5 heteroatoms. The Labute approximate surface area is 158 Å². The lowest BCUT2D eigenvalue weighted by Crippen LogP contribution is -2.09. The third-order valence-corrected chi connectivity index (χ3v) is 4.08. The van der Waals surface area contributed by atoms with Crippen molar-refractivity contribution >= 4 is 23.1 Å². The minimum atomic E-state index is -0.231. The summed E-state index contributed by atoms with van der Waals surface area (Å²) in [5.41, 5.74) is 1.42. The van der Waals surface area contributed by atoms with E-state index in [2.05, 4.69) is 0 Å². The van der Waals surface area contributed by atoms with Gasteiger partial charge in [-0.3, -0.25) is 19.2 Å². The van der Waals surface area contributed by atoms with Gasteiger partial charge >= 0.3 is 0 Å². The van der Waals surface area contributed by atoms with Gasteiger partial charge in [-0.25, -0.2) is 0 Å². The quantitative estimate of drug-likeness (QED) is 0.650. The molecular weight excluding hydrogens is 344 g/mol. The smallest absolute Gasteiger partial charge is 0.165 e. The van der Waals surface area contributed by atoms with Crippen LogP contribution < -0.4 is 4.74 Å². The van der Waals surface area contributed by atoms with Gasteiger partial charge in [0.1, 0.15) is 11.5 Å². The Morgan fingerprint density at radius 1 is 0.630 bits per heavy atom. The second kappa shape index (κ2) is 8.08. The fraction of sp³-hybridized carbons (Fsp3) is 0.273. The van der Waals surface area contributed by atoms with Crippen molar-refractivity contribution in [1.29, 1.82) is 0 Å². The fourth-order valence-electron chi connectivity index (χ4n) is 2.54. The van der Waals surface area contributed by atoms with Crippen molar-refractivity contribution in [2.75, 3.05) is 0 Å². The summed E-state index contributed by atoms with van der Waals surface area (Å²) in [5.74, 6) is -0.346. The zero-order chi connectivity index (χ0) is 20.3. The molecule has 140 valence electrons. The average Bonchev–Trinajstić information content (AvgIpc) is 2.60. The summed E-state index contributed by atoms with van der Waals surface area (Å²) in [7, 11) is 0. The molecule has 0 saturated carbocycles. The predicted octanol–water partition coefficient (Wildman–Crippen LogP) is 4.93.